The van der Waals surface area contributed by atoms with Crippen molar-refractivity contribution >= 4 is 39.5 Å². The molecule has 0 aromatic carbocycles. The van der Waals surface area contributed by atoms with Gasteiger partial charge in [-0.05, 0) is 148 Å². The van der Waals surface area contributed by atoms with E-state index < -0.39 is 97.5 Å². The van der Waals surface area contributed by atoms with Gasteiger partial charge in [0.1, 0.15) is 19.3 Å². The Labute approximate surface area is 626 Å². The standard InChI is InChI=1S/C85H130O17P2/c1-5-9-13-17-21-25-29-33-37-39-43-46-50-54-58-62-66-70-83(88)96-76-81(102-85(90)72-68-64-60-56-52-48-44-40-38-34-30-26-22-18-14-10-6-2)78-100-104(93,94)98-74-79(86)73-97-103(91,92)99-77-80(101-84(89)71-67-63-59-55-51-47-42-36-32-28-24-20-16-12-8-4)75-95-82(87)69-65-61-57-53-49-45-41-35-31-27-23-19-15-11-7-3/h9-16,21-28,33-38,41-43,46,49,51,53-55,58,61,63,65,67,79-81,86H,5-8,17-20,29-32,39-40,44-45,47-48,50,52,56-57,59-60,62,64,66,68-78H2,1-4H3,(H,91,92)(H,93,94)/b13-9-,14-10-,15-11-,16-12-,25-21-,26-22-,27-23-,28-24-,37-33-,38-34-,41-35-,42-36-,46-43-,53-49-,55-51-,58-54-,65-61-,67-63-. The predicted molar refractivity (Wildman–Crippen MR) is 426 cm³/mol. The van der Waals surface area contributed by atoms with E-state index in [4.69, 9.17) is 37.0 Å². The highest BCUT2D eigenvalue weighted by Gasteiger charge is 2.30. The van der Waals surface area contributed by atoms with Gasteiger partial charge >= 0.3 is 39.5 Å². The summed E-state index contributed by atoms with van der Waals surface area (Å²) in [5.41, 5.74) is 0. The average molecular weight is 1490 g/mol. The number of hydrogen-bond donors (Lipinski definition) is 3. The summed E-state index contributed by atoms with van der Waals surface area (Å²) in [7, 11) is -10.1. The molecule has 0 spiro atoms. The fraction of sp³-hybridized carbons (Fsp3) is 0.529. The number of carbonyl (C=O) groups excluding carboxylic acids is 4. The number of rotatable bonds is 68. The van der Waals surface area contributed by atoms with Crippen molar-refractivity contribution < 1.29 is 80.2 Å². The van der Waals surface area contributed by atoms with Crippen molar-refractivity contribution in [1.82, 2.24) is 0 Å². The normalized spacial score (nSPS) is 15.1. The molecule has 0 heterocycles. The van der Waals surface area contributed by atoms with Gasteiger partial charge in [0.2, 0.25) is 0 Å². The second-order valence-electron chi connectivity index (χ2n) is 24.1. The van der Waals surface area contributed by atoms with Crippen LogP contribution in [0.4, 0.5) is 0 Å². The third-order valence-electron chi connectivity index (χ3n) is 14.5. The van der Waals surface area contributed by atoms with Gasteiger partial charge in [-0.1, -0.05) is 279 Å². The Balaban J connectivity index is 5.59. The quantitative estimate of drug-likeness (QED) is 0.0169. The molecule has 0 rings (SSSR count). The molecule has 582 valence electrons. The molecule has 0 aliphatic heterocycles. The molecule has 0 aliphatic carbocycles. The number of esters is 4. The molecule has 104 heavy (non-hydrogen) atoms. The van der Waals surface area contributed by atoms with Crippen LogP contribution in [0.2, 0.25) is 0 Å². The lowest BCUT2D eigenvalue weighted by atomic mass is 10.1. The lowest BCUT2D eigenvalue weighted by Crippen LogP contribution is -2.30. The third-order valence-corrected chi connectivity index (χ3v) is 16.4. The van der Waals surface area contributed by atoms with Gasteiger partial charge < -0.3 is 33.8 Å². The number of hydrogen-bond acceptors (Lipinski definition) is 15. The Kier molecular flexibility index (Phi) is 69.9. The summed E-state index contributed by atoms with van der Waals surface area (Å²) >= 11 is 0. The van der Waals surface area contributed by atoms with Crippen LogP contribution in [0.15, 0.2) is 219 Å². The maximum Gasteiger partial charge on any atom is 0.472 e. The van der Waals surface area contributed by atoms with E-state index in [1.807, 2.05) is 36.5 Å². The van der Waals surface area contributed by atoms with E-state index in [2.05, 4.69) is 186 Å². The van der Waals surface area contributed by atoms with Gasteiger partial charge in [0.15, 0.2) is 12.2 Å². The number of allylic oxidation sites excluding steroid dienone is 34. The molecule has 0 saturated carbocycles. The maximum absolute atomic E-state index is 13.1. The van der Waals surface area contributed by atoms with E-state index in [0.717, 1.165) is 148 Å². The molecule has 0 bridgehead atoms. The van der Waals surface area contributed by atoms with Gasteiger partial charge in [-0.15, -0.1) is 0 Å². The summed E-state index contributed by atoms with van der Waals surface area (Å²) < 4.78 is 68.2. The largest absolute Gasteiger partial charge is 0.472 e. The van der Waals surface area contributed by atoms with Crippen LogP contribution in [-0.2, 0) is 65.4 Å². The summed E-state index contributed by atoms with van der Waals surface area (Å²) in [5.74, 6) is -2.58. The first-order valence-corrected chi connectivity index (χ1v) is 41.0. The summed E-state index contributed by atoms with van der Waals surface area (Å²) in [5, 5.41) is 10.6. The van der Waals surface area contributed by atoms with Crippen LogP contribution in [0.5, 0.6) is 0 Å². The van der Waals surface area contributed by atoms with E-state index in [1.54, 1.807) is 24.3 Å². The molecule has 5 atom stereocenters. The van der Waals surface area contributed by atoms with Crippen LogP contribution < -0.4 is 0 Å². The van der Waals surface area contributed by atoms with Crippen molar-refractivity contribution in [3.8, 4) is 0 Å². The molecule has 17 nitrogen and oxygen atoms in total. The Morgan fingerprint density at radius 3 is 0.875 bits per heavy atom. The number of aliphatic hydroxyl groups excluding tert-OH is 1. The van der Waals surface area contributed by atoms with E-state index in [1.165, 1.54) is 0 Å². The first kappa shape index (κ1) is 97.4. The van der Waals surface area contributed by atoms with E-state index in [9.17, 15) is 43.2 Å². The molecule has 0 aromatic heterocycles. The first-order chi connectivity index (χ1) is 50.7. The number of aliphatic hydroxyl groups is 1. The molecular formula is C85H130O17P2. The molecule has 5 unspecified atom stereocenters. The van der Waals surface area contributed by atoms with Crippen molar-refractivity contribution in [2.75, 3.05) is 39.6 Å². The molecule has 19 heteroatoms. The molecular weight excluding hydrogens is 1350 g/mol. The zero-order valence-electron chi connectivity index (χ0n) is 63.3. The highest BCUT2D eigenvalue weighted by molar-refractivity contribution is 7.47. The zero-order chi connectivity index (χ0) is 76.0. The minimum absolute atomic E-state index is 0.0568. The molecule has 0 amide bonds. The zero-order valence-corrected chi connectivity index (χ0v) is 65.1. The first-order valence-electron chi connectivity index (χ1n) is 38.0. The van der Waals surface area contributed by atoms with Gasteiger partial charge in [-0.2, -0.15) is 0 Å². The van der Waals surface area contributed by atoms with Crippen LogP contribution in [-0.4, -0.2) is 96.7 Å². The van der Waals surface area contributed by atoms with Crippen molar-refractivity contribution in [2.24, 2.45) is 0 Å². The monoisotopic (exact) mass is 1480 g/mol. The van der Waals surface area contributed by atoms with Crippen molar-refractivity contribution in [1.29, 1.82) is 0 Å². The van der Waals surface area contributed by atoms with Crippen LogP contribution in [0.1, 0.15) is 233 Å². The Bertz CT molecular complexity index is 2840. The van der Waals surface area contributed by atoms with Crippen molar-refractivity contribution in [3.05, 3.63) is 219 Å². The van der Waals surface area contributed by atoms with Crippen LogP contribution >= 0.6 is 15.6 Å². The molecule has 0 saturated heterocycles. The van der Waals surface area contributed by atoms with Gasteiger partial charge in [0.05, 0.1) is 39.3 Å². The van der Waals surface area contributed by atoms with Crippen molar-refractivity contribution in [2.45, 2.75) is 251 Å². The summed E-state index contributed by atoms with van der Waals surface area (Å²) in [6, 6.07) is 0. The topological polar surface area (TPSA) is 237 Å². The van der Waals surface area contributed by atoms with Crippen LogP contribution in [0, 0.1) is 0 Å². The molecule has 3 N–H and O–H groups in total. The second kappa shape index (κ2) is 74.6. The highest BCUT2D eigenvalue weighted by Crippen LogP contribution is 2.45. The third kappa shape index (κ3) is 73.7. The predicted octanol–water partition coefficient (Wildman–Crippen LogP) is 22.1. The number of ether oxygens (including phenoxy) is 4. The number of phosphoric acid groups is 2. The van der Waals surface area contributed by atoms with E-state index >= 15 is 0 Å². The lowest BCUT2D eigenvalue weighted by Gasteiger charge is -2.21. The number of phosphoric ester groups is 2. The van der Waals surface area contributed by atoms with Gasteiger partial charge in [0.25, 0.3) is 0 Å². The summed E-state index contributed by atoms with van der Waals surface area (Å²) in [4.78, 5) is 72.8. The molecule has 0 radical (unpaired) electrons. The maximum atomic E-state index is 13.1. The molecule has 0 aliphatic rings. The minimum atomic E-state index is -5.04. The Morgan fingerprint density at radius 1 is 0.279 bits per heavy atom. The van der Waals surface area contributed by atoms with Gasteiger partial charge in [0, 0.05) is 12.8 Å². The second-order valence-corrected chi connectivity index (χ2v) is 27.0. The minimum Gasteiger partial charge on any atom is -0.462 e. The van der Waals surface area contributed by atoms with Crippen molar-refractivity contribution in [3.63, 3.8) is 0 Å². The van der Waals surface area contributed by atoms with E-state index in [0.29, 0.717) is 32.1 Å². The van der Waals surface area contributed by atoms with Crippen LogP contribution in [0.25, 0.3) is 0 Å². The molecule has 0 fully saturated rings. The number of unbranched alkanes of at least 4 members (excludes halogenated alkanes) is 8. The molecule has 0 aromatic rings. The SMILES string of the molecule is CC/C=C\C/C=C\C/C=C\C/C=C\C/C=C\CCCC(=O)OCC(COP(=O)(O)OCC(O)COP(=O)(O)OCC(COC(=O)C/C=C\C/C=C\C/C=C\C/C=C\C/C=C\CC)OC(=O)C/C=C\C/C=C\C/C=C\C/C=C\C/C=C\CC)OC(=O)CCCCCCCCC/C=C\C/C=C\C/C=C\CC. The Morgan fingerprint density at radius 2 is 0.529 bits per heavy atom. The smallest absolute Gasteiger partial charge is 0.462 e. The lowest BCUT2D eigenvalue weighted by molar-refractivity contribution is -0.161. The van der Waals surface area contributed by atoms with E-state index in [-0.39, 0.29) is 25.7 Å². The summed E-state index contributed by atoms with van der Waals surface area (Å²) in [6.07, 6.45) is 94.3. The fourth-order valence-corrected chi connectivity index (χ4v) is 10.5. The van der Waals surface area contributed by atoms with Crippen LogP contribution in [0.3, 0.4) is 0 Å². The number of carbonyl (C=O) groups is 4. The summed E-state index contributed by atoms with van der Waals surface area (Å²) in [6.45, 7) is 4.05. The Hall–Kier alpha value is -6.62. The van der Waals surface area contributed by atoms with Gasteiger partial charge in [-0.3, -0.25) is 37.3 Å². The fourth-order valence-electron chi connectivity index (χ4n) is 8.89. The van der Waals surface area contributed by atoms with Gasteiger partial charge in [-0.25, -0.2) is 9.13 Å². The highest BCUT2D eigenvalue weighted by atomic mass is 31.2. The average Bonchev–Trinajstić information content (AvgIpc) is 0.926.